The summed E-state index contributed by atoms with van der Waals surface area (Å²) in [5.74, 6) is -8.48. The van der Waals surface area contributed by atoms with Crippen molar-refractivity contribution in [1.29, 1.82) is 0 Å². The summed E-state index contributed by atoms with van der Waals surface area (Å²) in [7, 11) is 0. The van der Waals surface area contributed by atoms with Crippen molar-refractivity contribution in [3.05, 3.63) is 48.6 Å². The molecular formula is C43H60F14O17. The number of halogens is 14. The summed E-state index contributed by atoms with van der Waals surface area (Å²) in [4.78, 5) is 65.5. The molecule has 0 aliphatic carbocycles. The molecule has 0 saturated carbocycles. The van der Waals surface area contributed by atoms with Crippen molar-refractivity contribution in [3.8, 4) is 0 Å². The van der Waals surface area contributed by atoms with Gasteiger partial charge in [-0.15, -0.1) is 0 Å². The first-order valence-electron chi connectivity index (χ1n) is 20.8. The van der Waals surface area contributed by atoms with E-state index in [0.29, 0.717) is 0 Å². The average Bonchev–Trinajstić information content (AvgIpc) is 3.25. The number of hydrogen-bond acceptors (Lipinski definition) is 17. The van der Waals surface area contributed by atoms with Crippen LogP contribution in [-0.4, -0.2) is 171 Å². The monoisotopic (exact) mass is 1110 g/mol. The van der Waals surface area contributed by atoms with Crippen molar-refractivity contribution in [2.45, 2.75) is 104 Å². The van der Waals surface area contributed by atoms with Gasteiger partial charge in [0.25, 0.3) is 5.92 Å². The fourth-order valence-electron chi connectivity index (χ4n) is 3.19. The molecule has 0 saturated heterocycles. The van der Waals surface area contributed by atoms with Crippen molar-refractivity contribution in [1.82, 2.24) is 0 Å². The number of hydrogen-bond donors (Lipinski definition) is 0. The molecule has 0 heterocycles. The lowest BCUT2D eigenvalue weighted by atomic mass is 10.2. The summed E-state index contributed by atoms with van der Waals surface area (Å²) >= 11 is 0. The smallest absolute Gasteiger partial charge is 0.414 e. The van der Waals surface area contributed by atoms with Crippen molar-refractivity contribution >= 4 is 35.8 Å². The van der Waals surface area contributed by atoms with Gasteiger partial charge in [-0.05, 0) is 48.5 Å². The van der Waals surface area contributed by atoms with Crippen LogP contribution in [-0.2, 0) is 80.9 Å². The minimum absolute atomic E-state index is 0.00500. The normalized spacial score (nSPS) is 12.7. The molecule has 0 aromatic carbocycles. The highest BCUT2D eigenvalue weighted by atomic mass is 19.4. The molecule has 0 aromatic heterocycles. The Morgan fingerprint density at radius 3 is 1.03 bits per heavy atom. The van der Waals surface area contributed by atoms with Gasteiger partial charge >= 0.3 is 60.5 Å². The van der Waals surface area contributed by atoms with Crippen molar-refractivity contribution in [2.24, 2.45) is 0 Å². The van der Waals surface area contributed by atoms with Crippen LogP contribution in [0.4, 0.5) is 61.5 Å². The van der Waals surface area contributed by atoms with Crippen molar-refractivity contribution in [2.75, 3.05) is 85.9 Å². The molecule has 0 rings (SSSR count). The van der Waals surface area contributed by atoms with Gasteiger partial charge in [0.1, 0.15) is 52.7 Å². The molecule has 3 unspecified atom stereocenters. The predicted molar refractivity (Wildman–Crippen MR) is 227 cm³/mol. The third-order valence-corrected chi connectivity index (χ3v) is 7.13. The van der Waals surface area contributed by atoms with Crippen LogP contribution in [0.15, 0.2) is 48.6 Å². The van der Waals surface area contributed by atoms with Gasteiger partial charge in [-0.1, -0.05) is 26.3 Å². The van der Waals surface area contributed by atoms with Crippen molar-refractivity contribution in [3.63, 3.8) is 0 Å². The van der Waals surface area contributed by atoms with E-state index >= 15 is 0 Å². The SMILES string of the molecule is C=C(C)C(=O)OCC(=O)OCCOC(C)C(F)(F)F.C=C(C)C(=O)OCCOC(=O)COC(C)C(F)(F)F.C=C(C)C(=O)OCCOCC(F)(F)CC(F)(F)F.C=C(C)C(=O)OCCOCCOC(C)C(F)(F)F. The molecule has 74 heavy (non-hydrogen) atoms. The summed E-state index contributed by atoms with van der Waals surface area (Å²) in [5.41, 5.74) is 0.707. The van der Waals surface area contributed by atoms with E-state index in [4.69, 9.17) is 9.47 Å². The fourth-order valence-corrected chi connectivity index (χ4v) is 3.19. The maximum absolute atomic E-state index is 12.7. The minimum atomic E-state index is -4.96. The quantitative estimate of drug-likeness (QED) is 0.0229. The Morgan fingerprint density at radius 2 is 0.662 bits per heavy atom. The lowest BCUT2D eigenvalue weighted by Gasteiger charge is -2.17. The van der Waals surface area contributed by atoms with E-state index in [-0.39, 0.29) is 75.1 Å². The summed E-state index contributed by atoms with van der Waals surface area (Å²) in [5, 5.41) is 0. The van der Waals surface area contributed by atoms with Gasteiger partial charge in [0.05, 0.1) is 33.0 Å². The molecule has 31 heteroatoms. The number of carbonyl (C=O) groups is 6. The number of ether oxygens (including phenoxy) is 11. The lowest BCUT2D eigenvalue weighted by Crippen LogP contribution is -2.31. The van der Waals surface area contributed by atoms with E-state index < -0.39 is 124 Å². The molecular weight excluding hydrogens is 1050 g/mol. The van der Waals surface area contributed by atoms with Crippen LogP contribution in [0, 0.1) is 0 Å². The zero-order chi connectivity index (χ0) is 58.7. The first kappa shape index (κ1) is 75.1. The van der Waals surface area contributed by atoms with Gasteiger partial charge in [-0.2, -0.15) is 52.7 Å². The number of alkyl halides is 14. The average molecular weight is 1110 g/mol. The van der Waals surface area contributed by atoms with E-state index in [1.54, 1.807) is 0 Å². The van der Waals surface area contributed by atoms with Crippen LogP contribution >= 0.6 is 0 Å². The van der Waals surface area contributed by atoms with E-state index in [1.165, 1.54) is 27.7 Å². The molecule has 0 bridgehead atoms. The Kier molecular flexibility index (Phi) is 38.8. The van der Waals surface area contributed by atoms with Crippen LogP contribution < -0.4 is 0 Å². The van der Waals surface area contributed by atoms with Crippen LogP contribution in [0.2, 0.25) is 0 Å². The first-order chi connectivity index (χ1) is 33.6. The predicted octanol–water partition coefficient (Wildman–Crippen LogP) is 8.03. The summed E-state index contributed by atoms with van der Waals surface area (Å²) in [6, 6.07) is 0. The highest BCUT2D eigenvalue weighted by Crippen LogP contribution is 2.31. The third kappa shape index (κ3) is 47.6. The number of rotatable bonds is 29. The van der Waals surface area contributed by atoms with Gasteiger partial charge in [0, 0.05) is 22.3 Å². The van der Waals surface area contributed by atoms with E-state index in [2.05, 4.69) is 68.9 Å². The summed E-state index contributed by atoms with van der Waals surface area (Å²) in [6.45, 7) is 16.8. The van der Waals surface area contributed by atoms with Crippen LogP contribution in [0.1, 0.15) is 54.9 Å². The maximum atomic E-state index is 12.7. The zero-order valence-corrected chi connectivity index (χ0v) is 41.2. The fraction of sp³-hybridized carbons (Fsp3) is 0.674. The van der Waals surface area contributed by atoms with Gasteiger partial charge in [0.2, 0.25) is 0 Å². The molecule has 0 N–H and O–H groups in total. The summed E-state index contributed by atoms with van der Waals surface area (Å²) < 4.78 is 218. The molecule has 17 nitrogen and oxygen atoms in total. The van der Waals surface area contributed by atoms with Crippen LogP contribution in [0.3, 0.4) is 0 Å². The third-order valence-electron chi connectivity index (χ3n) is 7.13. The van der Waals surface area contributed by atoms with E-state index in [1.807, 2.05) is 0 Å². The topological polar surface area (TPSA) is 204 Å². The lowest BCUT2D eigenvalue weighted by molar-refractivity contribution is -0.217. The second-order valence-corrected chi connectivity index (χ2v) is 14.5. The molecule has 0 aromatic rings. The van der Waals surface area contributed by atoms with Gasteiger partial charge < -0.3 is 52.1 Å². The Bertz CT molecular complexity index is 1750. The Labute approximate surface area is 416 Å². The largest absolute Gasteiger partial charge is 0.461 e. The summed E-state index contributed by atoms with van der Waals surface area (Å²) in [6.07, 6.45) is -26.4. The standard InChI is InChI=1S/2C11H15F3O5.C11H17F3O4.C10H13F5O3/c1-7(2)10(16)18-5-4-17-9(15)6-19-8(3)11(12,13)14;1-7(2)10(16)19-6-9(15)18-5-4-17-8(3)11(12,13)14;1-8(2)10(15)18-7-5-16-4-6-17-9(3)11(12,13)14;1-7(2)8(16)18-4-3-17-6-9(11,12)5-10(13,14)15/h2*8H,1,4-6H2,2-3H3;9H,1,4-7H2,2-3H3;1,3-6H2,2H3. The van der Waals surface area contributed by atoms with Crippen molar-refractivity contribution < 1.29 is 142 Å². The Hall–Kier alpha value is -5.40. The van der Waals surface area contributed by atoms with Crippen LogP contribution in [0.5, 0.6) is 0 Å². The Balaban J connectivity index is -0.000000442. The molecule has 432 valence electrons. The Morgan fingerprint density at radius 1 is 0.378 bits per heavy atom. The zero-order valence-electron chi connectivity index (χ0n) is 41.2. The van der Waals surface area contributed by atoms with E-state index in [9.17, 15) is 90.2 Å². The molecule has 0 aliphatic rings. The highest BCUT2D eigenvalue weighted by Gasteiger charge is 2.44. The highest BCUT2D eigenvalue weighted by molar-refractivity contribution is 5.89. The second-order valence-electron chi connectivity index (χ2n) is 14.5. The molecule has 0 aliphatic heterocycles. The number of carbonyl (C=O) groups excluding carboxylic acids is 6. The molecule has 0 amide bonds. The minimum Gasteiger partial charge on any atom is -0.461 e. The molecule has 0 spiro atoms. The van der Waals surface area contributed by atoms with E-state index in [0.717, 1.165) is 20.8 Å². The van der Waals surface area contributed by atoms with Crippen LogP contribution in [0.25, 0.3) is 0 Å². The first-order valence-corrected chi connectivity index (χ1v) is 20.8. The van der Waals surface area contributed by atoms with Gasteiger partial charge in [-0.3, -0.25) is 0 Å². The maximum Gasteiger partial charge on any atom is 0.414 e. The van der Waals surface area contributed by atoms with Gasteiger partial charge in [0.15, 0.2) is 24.9 Å². The second kappa shape index (κ2) is 38.2. The molecule has 0 radical (unpaired) electrons. The molecule has 0 fully saturated rings. The number of esters is 6. The van der Waals surface area contributed by atoms with Gasteiger partial charge in [-0.25, -0.2) is 37.5 Å². The molecule has 3 atom stereocenters.